The van der Waals surface area contributed by atoms with Crippen molar-refractivity contribution in [2.24, 2.45) is 0 Å². The van der Waals surface area contributed by atoms with Gasteiger partial charge in [-0.25, -0.2) is 4.79 Å². The zero-order chi connectivity index (χ0) is 19.8. The molecule has 4 amide bonds. The molecule has 9 nitrogen and oxygen atoms in total. The van der Waals surface area contributed by atoms with Crippen LogP contribution in [0.4, 0.5) is 10.5 Å². The largest absolute Gasteiger partial charge is 0.456 e. The van der Waals surface area contributed by atoms with Crippen LogP contribution >= 0.6 is 0 Å². The van der Waals surface area contributed by atoms with E-state index < -0.39 is 17.9 Å². The first-order valence-electron chi connectivity index (χ1n) is 8.63. The number of amides is 4. The Morgan fingerprint density at radius 2 is 1.93 bits per heavy atom. The van der Waals surface area contributed by atoms with Crippen molar-refractivity contribution in [1.82, 2.24) is 15.5 Å². The topological polar surface area (TPSA) is 108 Å². The monoisotopic (exact) mass is 376 g/mol. The van der Waals surface area contributed by atoms with Gasteiger partial charge in [-0.3, -0.25) is 19.3 Å². The summed E-state index contributed by atoms with van der Waals surface area (Å²) < 4.78 is 4.90. The second kappa shape index (κ2) is 9.56. The van der Waals surface area contributed by atoms with Gasteiger partial charge in [0.2, 0.25) is 5.91 Å². The van der Waals surface area contributed by atoms with Crippen LogP contribution in [0.15, 0.2) is 24.3 Å². The number of hydrogen-bond acceptors (Lipinski definition) is 6. The summed E-state index contributed by atoms with van der Waals surface area (Å²) in [5.74, 6) is -1.26. The summed E-state index contributed by atoms with van der Waals surface area (Å²) in [5, 5.41) is 5.08. The number of hydrogen-bond donors (Lipinski definition) is 2. The van der Waals surface area contributed by atoms with Gasteiger partial charge in [-0.15, -0.1) is 0 Å². The third-order valence-electron chi connectivity index (χ3n) is 4.01. The molecule has 0 aromatic heterocycles. The van der Waals surface area contributed by atoms with Gasteiger partial charge in [0.15, 0.2) is 6.61 Å². The van der Waals surface area contributed by atoms with E-state index in [0.29, 0.717) is 6.54 Å². The van der Waals surface area contributed by atoms with E-state index in [1.807, 2.05) is 43.3 Å². The molecule has 9 heteroatoms. The van der Waals surface area contributed by atoms with Crippen molar-refractivity contribution < 1.29 is 23.9 Å². The second-order valence-corrected chi connectivity index (χ2v) is 6.31. The lowest BCUT2D eigenvalue weighted by Crippen LogP contribution is -2.32. The van der Waals surface area contributed by atoms with Crippen molar-refractivity contribution in [3.8, 4) is 0 Å². The third kappa shape index (κ3) is 6.28. The maximum Gasteiger partial charge on any atom is 0.324 e. The molecule has 27 heavy (non-hydrogen) atoms. The van der Waals surface area contributed by atoms with Crippen LogP contribution in [0.5, 0.6) is 0 Å². The van der Waals surface area contributed by atoms with Crippen LogP contribution in [0, 0.1) is 0 Å². The molecule has 1 aliphatic heterocycles. The average molecular weight is 376 g/mol. The Bertz CT molecular complexity index is 686. The first-order valence-corrected chi connectivity index (χ1v) is 8.63. The first kappa shape index (κ1) is 20.2. The predicted octanol–water partition coefficient (Wildman–Crippen LogP) is 0.244. The summed E-state index contributed by atoms with van der Waals surface area (Å²) in [4.78, 5) is 49.2. The van der Waals surface area contributed by atoms with Gasteiger partial charge in [-0.2, -0.15) is 0 Å². The molecule has 0 spiro atoms. The number of esters is 1. The van der Waals surface area contributed by atoms with Gasteiger partial charge in [0, 0.05) is 39.3 Å². The van der Waals surface area contributed by atoms with E-state index in [9.17, 15) is 19.2 Å². The summed E-state index contributed by atoms with van der Waals surface area (Å²) in [6, 6.07) is 7.28. The molecule has 0 bridgehead atoms. The van der Waals surface area contributed by atoms with Crippen LogP contribution in [0.25, 0.3) is 0 Å². The zero-order valence-corrected chi connectivity index (χ0v) is 15.5. The minimum atomic E-state index is -0.549. The Balaban J connectivity index is 1.61. The third-order valence-corrected chi connectivity index (χ3v) is 4.01. The van der Waals surface area contributed by atoms with Crippen LogP contribution in [0.3, 0.4) is 0 Å². The van der Waals surface area contributed by atoms with Gasteiger partial charge in [0.05, 0.1) is 6.54 Å². The van der Waals surface area contributed by atoms with Crippen molar-refractivity contribution in [1.29, 1.82) is 0 Å². The number of nitrogens with one attached hydrogen (secondary N) is 2. The van der Waals surface area contributed by atoms with E-state index in [-0.39, 0.29) is 38.4 Å². The van der Waals surface area contributed by atoms with Crippen LogP contribution in [-0.2, 0) is 25.7 Å². The predicted molar refractivity (Wildman–Crippen MR) is 97.9 cm³/mol. The van der Waals surface area contributed by atoms with Crippen molar-refractivity contribution in [3.05, 3.63) is 29.8 Å². The van der Waals surface area contributed by atoms with Crippen molar-refractivity contribution in [3.63, 3.8) is 0 Å². The molecule has 1 aliphatic rings. The highest BCUT2D eigenvalue weighted by molar-refractivity contribution is 6.01. The molecular formula is C18H24N4O5. The highest BCUT2D eigenvalue weighted by Crippen LogP contribution is 2.11. The van der Waals surface area contributed by atoms with Gasteiger partial charge in [-0.1, -0.05) is 12.1 Å². The summed E-state index contributed by atoms with van der Waals surface area (Å²) in [6.45, 7) is 0.115. The highest BCUT2D eigenvalue weighted by atomic mass is 16.5. The molecular weight excluding hydrogens is 352 g/mol. The lowest BCUT2D eigenvalue weighted by Gasteiger charge is -2.13. The molecule has 146 valence electrons. The summed E-state index contributed by atoms with van der Waals surface area (Å²) in [7, 11) is 3.89. The summed E-state index contributed by atoms with van der Waals surface area (Å²) in [5.41, 5.74) is 2.00. The van der Waals surface area contributed by atoms with Gasteiger partial charge in [0.25, 0.3) is 5.91 Å². The van der Waals surface area contributed by atoms with Crippen LogP contribution < -0.4 is 15.5 Å². The van der Waals surface area contributed by atoms with Crippen molar-refractivity contribution in [2.45, 2.75) is 19.4 Å². The van der Waals surface area contributed by atoms with Crippen LogP contribution in [-0.4, -0.2) is 62.5 Å². The highest BCUT2D eigenvalue weighted by Gasteiger charge is 2.27. The summed E-state index contributed by atoms with van der Waals surface area (Å²) in [6.07, 6.45) is 0.314. The minimum Gasteiger partial charge on any atom is -0.456 e. The minimum absolute atomic E-state index is 0.0126. The number of ether oxygens (including phenoxy) is 1. The molecule has 1 aromatic carbocycles. The van der Waals surface area contributed by atoms with E-state index in [4.69, 9.17) is 4.74 Å². The molecule has 1 aromatic rings. The van der Waals surface area contributed by atoms with Crippen LogP contribution in [0.2, 0.25) is 0 Å². The number of imide groups is 1. The molecule has 0 aliphatic carbocycles. The Labute approximate surface area is 157 Å². The molecule has 1 fully saturated rings. The number of carbonyl (C=O) groups is 4. The Hall–Kier alpha value is -3.10. The number of anilines is 1. The van der Waals surface area contributed by atoms with Gasteiger partial charge >= 0.3 is 12.0 Å². The summed E-state index contributed by atoms with van der Waals surface area (Å²) >= 11 is 0. The Kier molecular flexibility index (Phi) is 7.16. The standard InChI is InChI=1S/C18H24N4O5/c1-21(2)14-7-5-13(6-8-14)10-19-15(23)12-27-17(25)4-3-9-22-16(24)11-20-18(22)26/h5-8H,3-4,9-12H2,1-2H3,(H,19,23)(H,20,26). The van der Waals surface area contributed by atoms with E-state index in [1.165, 1.54) is 0 Å². The maximum atomic E-state index is 11.8. The van der Waals surface area contributed by atoms with Gasteiger partial charge in [0.1, 0.15) is 0 Å². The maximum absolute atomic E-state index is 11.8. The molecule has 2 rings (SSSR count). The van der Waals surface area contributed by atoms with E-state index in [0.717, 1.165) is 16.2 Å². The van der Waals surface area contributed by atoms with E-state index in [2.05, 4.69) is 10.6 Å². The van der Waals surface area contributed by atoms with Crippen molar-refractivity contribution >= 4 is 29.5 Å². The fraction of sp³-hybridized carbons (Fsp3) is 0.444. The molecule has 0 radical (unpaired) electrons. The molecule has 0 atom stereocenters. The van der Waals surface area contributed by atoms with Crippen LogP contribution in [0.1, 0.15) is 18.4 Å². The van der Waals surface area contributed by atoms with Gasteiger partial charge in [-0.05, 0) is 24.1 Å². The lowest BCUT2D eigenvalue weighted by molar-refractivity contribution is -0.148. The second-order valence-electron chi connectivity index (χ2n) is 6.31. The molecule has 1 saturated heterocycles. The Morgan fingerprint density at radius 3 is 2.52 bits per heavy atom. The SMILES string of the molecule is CN(C)c1ccc(CNC(=O)COC(=O)CCCN2C(=O)CNC2=O)cc1. The fourth-order valence-corrected chi connectivity index (χ4v) is 2.44. The van der Waals surface area contributed by atoms with E-state index >= 15 is 0 Å². The van der Waals surface area contributed by atoms with E-state index in [1.54, 1.807) is 0 Å². The molecule has 2 N–H and O–H groups in total. The van der Waals surface area contributed by atoms with Crippen molar-refractivity contribution in [2.75, 3.05) is 38.7 Å². The quantitative estimate of drug-likeness (QED) is 0.472. The molecule has 0 saturated carbocycles. The number of rotatable bonds is 9. The fourth-order valence-electron chi connectivity index (χ4n) is 2.44. The Morgan fingerprint density at radius 1 is 1.22 bits per heavy atom. The number of benzene rings is 1. The average Bonchev–Trinajstić information content (AvgIpc) is 2.97. The number of carbonyl (C=O) groups excluding carboxylic acids is 4. The lowest BCUT2D eigenvalue weighted by atomic mass is 10.2. The number of urea groups is 1. The molecule has 1 heterocycles. The van der Waals surface area contributed by atoms with Gasteiger partial charge < -0.3 is 20.3 Å². The zero-order valence-electron chi connectivity index (χ0n) is 15.5. The molecule has 0 unspecified atom stereocenters. The smallest absolute Gasteiger partial charge is 0.324 e. The number of nitrogens with zero attached hydrogens (tertiary/aromatic N) is 2. The normalized spacial score (nSPS) is 13.3. The first-order chi connectivity index (χ1) is 12.9.